The molecule has 0 spiro atoms. The molecule has 0 aliphatic rings. The van der Waals surface area contributed by atoms with Gasteiger partial charge < -0.3 is 10.1 Å². The van der Waals surface area contributed by atoms with E-state index in [-0.39, 0.29) is 16.9 Å². The fourth-order valence-electron chi connectivity index (χ4n) is 1.71. The van der Waals surface area contributed by atoms with Gasteiger partial charge in [-0.2, -0.15) is 5.10 Å². The zero-order valence-corrected chi connectivity index (χ0v) is 14.0. The molecule has 2 N–H and O–H groups in total. The molecule has 0 saturated heterocycles. The molecule has 0 fully saturated rings. The molecule has 1 unspecified atom stereocenters. The Labute approximate surface area is 127 Å². The number of aromatic nitrogens is 2. The number of sulfonamides is 1. The van der Waals surface area contributed by atoms with Gasteiger partial charge in [-0.3, -0.25) is 4.68 Å². The van der Waals surface area contributed by atoms with Crippen molar-refractivity contribution in [2.45, 2.75) is 38.3 Å². The lowest BCUT2D eigenvalue weighted by atomic mass is 10.1. The van der Waals surface area contributed by atoms with Crippen LogP contribution < -0.4 is 10.0 Å². The third-order valence-electron chi connectivity index (χ3n) is 3.12. The van der Waals surface area contributed by atoms with Crippen LogP contribution in [-0.4, -0.2) is 51.0 Å². The molecule has 1 rings (SSSR count). The number of nitrogens with zero attached hydrogens (tertiary/aromatic N) is 2. The van der Waals surface area contributed by atoms with Crippen LogP contribution in [0.1, 0.15) is 20.8 Å². The lowest BCUT2D eigenvalue weighted by Crippen LogP contribution is -2.41. The first kappa shape index (κ1) is 18.1. The Morgan fingerprint density at radius 3 is 2.71 bits per heavy atom. The van der Waals surface area contributed by atoms with Gasteiger partial charge in [0.15, 0.2) is 0 Å². The van der Waals surface area contributed by atoms with E-state index in [4.69, 9.17) is 4.74 Å². The molecule has 0 aromatic carbocycles. The van der Waals surface area contributed by atoms with Crippen LogP contribution in [0.2, 0.25) is 0 Å². The van der Waals surface area contributed by atoms with Gasteiger partial charge >= 0.3 is 0 Å². The molecule has 7 nitrogen and oxygen atoms in total. The number of nitrogens with one attached hydrogen (secondary N) is 2. The first-order valence-electron chi connectivity index (χ1n) is 7.17. The van der Waals surface area contributed by atoms with Crippen molar-refractivity contribution in [3.05, 3.63) is 12.4 Å². The monoisotopic (exact) mass is 318 g/mol. The van der Waals surface area contributed by atoms with E-state index in [1.807, 2.05) is 27.8 Å². The van der Waals surface area contributed by atoms with E-state index < -0.39 is 10.0 Å². The molecule has 0 saturated carbocycles. The van der Waals surface area contributed by atoms with Gasteiger partial charge in [0.1, 0.15) is 4.90 Å². The van der Waals surface area contributed by atoms with Crippen molar-refractivity contribution in [3.63, 3.8) is 0 Å². The molecule has 1 heterocycles. The second-order valence-electron chi connectivity index (χ2n) is 5.17. The van der Waals surface area contributed by atoms with Crippen LogP contribution in [0.4, 0.5) is 0 Å². The molecule has 0 bridgehead atoms. The van der Waals surface area contributed by atoms with E-state index in [0.29, 0.717) is 19.8 Å². The summed E-state index contributed by atoms with van der Waals surface area (Å²) in [7, 11) is -1.74. The van der Waals surface area contributed by atoms with Gasteiger partial charge in [-0.15, -0.1) is 0 Å². The maximum Gasteiger partial charge on any atom is 0.244 e. The molecular formula is C13H26N4O3S. The van der Waals surface area contributed by atoms with Crippen LogP contribution in [-0.2, 0) is 21.3 Å². The minimum atomic E-state index is -3.57. The maximum absolute atomic E-state index is 12.4. The minimum absolute atomic E-state index is 0.144. The third-order valence-corrected chi connectivity index (χ3v) is 4.57. The maximum atomic E-state index is 12.4. The number of hydrogen-bond donors (Lipinski definition) is 2. The summed E-state index contributed by atoms with van der Waals surface area (Å²) < 4.78 is 34.4. The minimum Gasteiger partial charge on any atom is -0.380 e. The molecule has 0 amide bonds. The summed E-state index contributed by atoms with van der Waals surface area (Å²) >= 11 is 0. The van der Waals surface area contributed by atoms with E-state index in [9.17, 15) is 8.42 Å². The normalized spacial score (nSPS) is 13.8. The molecule has 8 heteroatoms. The van der Waals surface area contributed by atoms with Crippen molar-refractivity contribution in [3.8, 4) is 0 Å². The summed E-state index contributed by atoms with van der Waals surface area (Å²) in [6.45, 7) is 8.09. The molecule has 0 aliphatic carbocycles. The molecule has 21 heavy (non-hydrogen) atoms. The van der Waals surface area contributed by atoms with Gasteiger partial charge in [0, 0.05) is 25.4 Å². The Morgan fingerprint density at radius 1 is 1.43 bits per heavy atom. The second kappa shape index (κ2) is 8.47. The van der Waals surface area contributed by atoms with Gasteiger partial charge in [-0.25, -0.2) is 13.1 Å². The summed E-state index contributed by atoms with van der Waals surface area (Å²) in [6, 6.07) is -0.254. The molecule has 1 aromatic heterocycles. The van der Waals surface area contributed by atoms with Crippen molar-refractivity contribution in [2.75, 3.05) is 26.8 Å². The smallest absolute Gasteiger partial charge is 0.244 e. The van der Waals surface area contributed by atoms with Crippen LogP contribution >= 0.6 is 0 Å². The average molecular weight is 318 g/mol. The molecule has 1 atom stereocenters. The van der Waals surface area contributed by atoms with Gasteiger partial charge in [-0.05, 0) is 19.9 Å². The SMILES string of the molecule is CCOCC(NS(=O)(=O)c1cnn(CCNC)c1)C(C)C. The Kier molecular flexibility index (Phi) is 7.30. The third kappa shape index (κ3) is 5.74. The lowest BCUT2D eigenvalue weighted by molar-refractivity contribution is 0.116. The molecule has 122 valence electrons. The molecule has 0 aliphatic heterocycles. The zero-order chi connectivity index (χ0) is 15.9. The first-order chi connectivity index (χ1) is 9.90. The van der Waals surface area contributed by atoms with Crippen molar-refractivity contribution < 1.29 is 13.2 Å². The fraction of sp³-hybridized carbons (Fsp3) is 0.769. The van der Waals surface area contributed by atoms with Crippen molar-refractivity contribution in [1.82, 2.24) is 19.8 Å². The largest absolute Gasteiger partial charge is 0.380 e. The van der Waals surface area contributed by atoms with E-state index >= 15 is 0 Å². The summed E-state index contributed by atoms with van der Waals surface area (Å²) in [5.74, 6) is 0.144. The summed E-state index contributed by atoms with van der Waals surface area (Å²) in [5.41, 5.74) is 0. The van der Waals surface area contributed by atoms with E-state index in [0.717, 1.165) is 6.54 Å². The highest BCUT2D eigenvalue weighted by atomic mass is 32.2. The Balaban J connectivity index is 2.76. The quantitative estimate of drug-likeness (QED) is 0.654. The topological polar surface area (TPSA) is 85.2 Å². The van der Waals surface area contributed by atoms with Gasteiger partial charge in [-0.1, -0.05) is 13.8 Å². The lowest BCUT2D eigenvalue weighted by Gasteiger charge is -2.21. The number of likely N-dealkylation sites (N-methyl/N-ethyl adjacent to an activating group) is 1. The highest BCUT2D eigenvalue weighted by Gasteiger charge is 2.23. The molecule has 0 radical (unpaired) electrons. The van der Waals surface area contributed by atoms with Gasteiger partial charge in [0.2, 0.25) is 10.0 Å². The van der Waals surface area contributed by atoms with E-state index in [1.165, 1.54) is 12.4 Å². The Hall–Kier alpha value is -0.960. The molecular weight excluding hydrogens is 292 g/mol. The highest BCUT2D eigenvalue weighted by molar-refractivity contribution is 7.89. The zero-order valence-electron chi connectivity index (χ0n) is 13.2. The Morgan fingerprint density at radius 2 is 2.14 bits per heavy atom. The predicted molar refractivity (Wildman–Crippen MR) is 81.6 cm³/mol. The summed E-state index contributed by atoms with van der Waals surface area (Å²) in [5, 5.41) is 7.05. The van der Waals surface area contributed by atoms with E-state index in [2.05, 4.69) is 15.1 Å². The molecule has 1 aromatic rings. The van der Waals surface area contributed by atoms with Crippen LogP contribution in [0.15, 0.2) is 17.3 Å². The van der Waals surface area contributed by atoms with E-state index in [1.54, 1.807) is 4.68 Å². The average Bonchev–Trinajstić information content (AvgIpc) is 2.90. The first-order valence-corrected chi connectivity index (χ1v) is 8.66. The van der Waals surface area contributed by atoms with Gasteiger partial charge in [0.25, 0.3) is 0 Å². The Bertz CT molecular complexity index is 513. The standard InChI is InChI=1S/C13H26N4O3S/c1-5-20-10-13(11(2)3)16-21(18,19)12-8-15-17(9-12)7-6-14-4/h8-9,11,13-14,16H,5-7,10H2,1-4H3. The van der Waals surface area contributed by atoms with Crippen molar-refractivity contribution in [1.29, 1.82) is 0 Å². The van der Waals surface area contributed by atoms with Crippen molar-refractivity contribution in [2.24, 2.45) is 5.92 Å². The van der Waals surface area contributed by atoms with Crippen LogP contribution in [0, 0.1) is 5.92 Å². The number of rotatable bonds is 10. The summed E-state index contributed by atoms with van der Waals surface area (Å²) in [4.78, 5) is 0.181. The summed E-state index contributed by atoms with van der Waals surface area (Å²) in [6.07, 6.45) is 2.91. The van der Waals surface area contributed by atoms with Crippen molar-refractivity contribution >= 4 is 10.0 Å². The number of hydrogen-bond acceptors (Lipinski definition) is 5. The highest BCUT2D eigenvalue weighted by Crippen LogP contribution is 2.11. The predicted octanol–water partition coefficient (Wildman–Crippen LogP) is 0.442. The van der Waals surface area contributed by atoms with Gasteiger partial charge in [0.05, 0.1) is 19.3 Å². The van der Waals surface area contributed by atoms with Crippen LogP contribution in [0.5, 0.6) is 0 Å². The number of ether oxygens (including phenoxy) is 1. The van der Waals surface area contributed by atoms with Crippen LogP contribution in [0.25, 0.3) is 0 Å². The fourth-order valence-corrected chi connectivity index (χ4v) is 3.03. The van der Waals surface area contributed by atoms with Crippen LogP contribution in [0.3, 0.4) is 0 Å². The second-order valence-corrected chi connectivity index (χ2v) is 6.89.